The molecule has 0 spiro atoms. The van der Waals surface area contributed by atoms with E-state index in [-0.39, 0.29) is 11.7 Å². The first-order valence-corrected chi connectivity index (χ1v) is 7.95. The van der Waals surface area contributed by atoms with Gasteiger partial charge in [-0.3, -0.25) is 4.79 Å². The van der Waals surface area contributed by atoms with Gasteiger partial charge < -0.3 is 10.6 Å². The molecule has 1 aromatic heterocycles. The summed E-state index contributed by atoms with van der Waals surface area (Å²) in [6, 6.07) is 14.6. The van der Waals surface area contributed by atoms with Crippen molar-refractivity contribution in [2.45, 2.75) is 6.92 Å². The number of anilines is 3. The smallest absolute Gasteiger partial charge is 0.257 e. The number of nitrogens with zero attached hydrogens (tertiary/aromatic N) is 1. The molecule has 0 saturated carbocycles. The lowest BCUT2D eigenvalue weighted by Gasteiger charge is -2.09. The average molecular weight is 356 g/mol. The molecule has 3 rings (SSSR count). The number of amides is 1. The van der Waals surface area contributed by atoms with Gasteiger partial charge in [-0.05, 0) is 61.0 Å². The fourth-order valence-corrected chi connectivity index (χ4v) is 2.50. The topological polar surface area (TPSA) is 54.0 Å². The average Bonchev–Trinajstić information content (AvgIpc) is 2.58. The van der Waals surface area contributed by atoms with Gasteiger partial charge in [0.15, 0.2) is 0 Å². The molecule has 126 valence electrons. The Morgan fingerprint density at radius 3 is 2.64 bits per heavy atom. The summed E-state index contributed by atoms with van der Waals surface area (Å²) in [6.45, 7) is 1.87. The number of hydrogen-bond acceptors (Lipinski definition) is 3. The van der Waals surface area contributed by atoms with Crippen molar-refractivity contribution in [1.29, 1.82) is 0 Å². The number of benzene rings is 2. The summed E-state index contributed by atoms with van der Waals surface area (Å²) in [4.78, 5) is 16.5. The highest BCUT2D eigenvalue weighted by Gasteiger charge is 2.09. The van der Waals surface area contributed by atoms with E-state index < -0.39 is 0 Å². The van der Waals surface area contributed by atoms with Gasteiger partial charge >= 0.3 is 0 Å². The van der Waals surface area contributed by atoms with Crippen LogP contribution in [-0.4, -0.2) is 10.9 Å². The van der Waals surface area contributed by atoms with Crippen LogP contribution in [0.2, 0.25) is 5.02 Å². The first-order chi connectivity index (χ1) is 12.0. The molecular weight excluding hydrogens is 341 g/mol. The molecule has 25 heavy (non-hydrogen) atoms. The number of carbonyl (C=O) groups is 1. The second kappa shape index (κ2) is 7.32. The SMILES string of the molecule is Cc1cc(Cl)ccc1NC(=O)c1ccc(Nc2cccc(F)c2)nc1. The van der Waals surface area contributed by atoms with Gasteiger partial charge in [-0.15, -0.1) is 0 Å². The second-order valence-electron chi connectivity index (χ2n) is 5.48. The quantitative estimate of drug-likeness (QED) is 0.678. The Bertz CT molecular complexity index is 913. The van der Waals surface area contributed by atoms with Crippen LogP contribution in [0.5, 0.6) is 0 Å². The van der Waals surface area contributed by atoms with Crippen molar-refractivity contribution < 1.29 is 9.18 Å². The molecule has 2 aromatic carbocycles. The zero-order chi connectivity index (χ0) is 17.8. The van der Waals surface area contributed by atoms with E-state index in [1.165, 1.54) is 18.3 Å². The Morgan fingerprint density at radius 2 is 1.96 bits per heavy atom. The van der Waals surface area contributed by atoms with E-state index in [2.05, 4.69) is 15.6 Å². The maximum Gasteiger partial charge on any atom is 0.257 e. The molecule has 6 heteroatoms. The van der Waals surface area contributed by atoms with Gasteiger partial charge in [0.05, 0.1) is 5.56 Å². The summed E-state index contributed by atoms with van der Waals surface area (Å²) in [7, 11) is 0. The minimum absolute atomic E-state index is 0.268. The number of aromatic nitrogens is 1. The molecule has 0 aliphatic carbocycles. The lowest BCUT2D eigenvalue weighted by Crippen LogP contribution is -2.13. The molecule has 1 heterocycles. The highest BCUT2D eigenvalue weighted by atomic mass is 35.5. The molecule has 0 unspecified atom stereocenters. The van der Waals surface area contributed by atoms with Gasteiger partial charge in [0.25, 0.3) is 5.91 Å². The first kappa shape index (κ1) is 16.9. The number of hydrogen-bond donors (Lipinski definition) is 2. The molecule has 0 saturated heterocycles. The first-order valence-electron chi connectivity index (χ1n) is 7.57. The summed E-state index contributed by atoms with van der Waals surface area (Å²) in [5.41, 5.74) is 2.56. The van der Waals surface area contributed by atoms with Crippen molar-refractivity contribution >= 4 is 34.7 Å². The summed E-state index contributed by atoms with van der Waals surface area (Å²) >= 11 is 5.91. The molecule has 3 aromatic rings. The van der Waals surface area contributed by atoms with Crippen LogP contribution in [0.1, 0.15) is 15.9 Å². The van der Waals surface area contributed by atoms with Crippen molar-refractivity contribution in [3.8, 4) is 0 Å². The molecule has 2 N–H and O–H groups in total. The van der Waals surface area contributed by atoms with E-state index in [9.17, 15) is 9.18 Å². The zero-order valence-electron chi connectivity index (χ0n) is 13.4. The zero-order valence-corrected chi connectivity index (χ0v) is 14.1. The summed E-state index contributed by atoms with van der Waals surface area (Å²) in [5.74, 6) is -0.0839. The van der Waals surface area contributed by atoms with E-state index in [0.717, 1.165) is 5.56 Å². The maximum atomic E-state index is 13.2. The second-order valence-corrected chi connectivity index (χ2v) is 5.92. The van der Waals surface area contributed by atoms with Crippen molar-refractivity contribution in [2.75, 3.05) is 10.6 Å². The van der Waals surface area contributed by atoms with Crippen LogP contribution in [-0.2, 0) is 0 Å². The van der Waals surface area contributed by atoms with Crippen LogP contribution in [0.3, 0.4) is 0 Å². The Morgan fingerprint density at radius 1 is 1.12 bits per heavy atom. The van der Waals surface area contributed by atoms with E-state index in [0.29, 0.717) is 27.8 Å². The molecule has 1 amide bonds. The normalized spacial score (nSPS) is 10.4. The molecule has 0 fully saturated rings. The molecule has 0 bridgehead atoms. The van der Waals surface area contributed by atoms with E-state index in [1.807, 2.05) is 6.92 Å². The molecule has 0 aliphatic heterocycles. The minimum atomic E-state index is -0.334. The van der Waals surface area contributed by atoms with Crippen LogP contribution in [0, 0.1) is 12.7 Å². The summed E-state index contributed by atoms with van der Waals surface area (Å²) in [6.07, 6.45) is 1.46. The van der Waals surface area contributed by atoms with Crippen LogP contribution in [0.15, 0.2) is 60.8 Å². The van der Waals surface area contributed by atoms with Gasteiger partial charge in [-0.25, -0.2) is 9.37 Å². The third-order valence-electron chi connectivity index (χ3n) is 3.56. The molecule has 0 radical (unpaired) electrons. The van der Waals surface area contributed by atoms with Crippen molar-refractivity contribution in [3.05, 3.63) is 82.8 Å². The standard InChI is InChI=1S/C19H15ClFN3O/c1-12-9-14(20)6-7-17(12)24-19(25)13-5-8-18(22-11-13)23-16-4-2-3-15(21)10-16/h2-11H,1H3,(H,22,23)(H,24,25). The minimum Gasteiger partial charge on any atom is -0.340 e. The Labute approximate surface area is 149 Å². The highest BCUT2D eigenvalue weighted by molar-refractivity contribution is 6.30. The molecule has 0 atom stereocenters. The predicted octanol–water partition coefficient (Wildman–Crippen LogP) is 5.18. The maximum absolute atomic E-state index is 13.2. The summed E-state index contributed by atoms with van der Waals surface area (Å²) in [5, 5.41) is 6.42. The lowest BCUT2D eigenvalue weighted by atomic mass is 10.2. The monoisotopic (exact) mass is 355 g/mol. The van der Waals surface area contributed by atoms with Crippen LogP contribution >= 0.6 is 11.6 Å². The van der Waals surface area contributed by atoms with Gasteiger partial charge in [-0.2, -0.15) is 0 Å². The van der Waals surface area contributed by atoms with Gasteiger partial charge in [0, 0.05) is 22.6 Å². The van der Waals surface area contributed by atoms with Gasteiger partial charge in [0.1, 0.15) is 11.6 Å². The number of aryl methyl sites for hydroxylation is 1. The van der Waals surface area contributed by atoms with Crippen LogP contribution in [0.4, 0.5) is 21.6 Å². The summed E-state index contributed by atoms with van der Waals surface area (Å²) < 4.78 is 13.2. The fourth-order valence-electron chi connectivity index (χ4n) is 2.28. The van der Waals surface area contributed by atoms with Crippen LogP contribution in [0.25, 0.3) is 0 Å². The van der Waals surface area contributed by atoms with Crippen molar-refractivity contribution in [1.82, 2.24) is 4.98 Å². The number of rotatable bonds is 4. The molecular formula is C19H15ClFN3O. The number of halogens is 2. The molecule has 4 nitrogen and oxygen atoms in total. The number of pyridine rings is 1. The molecule has 0 aliphatic rings. The predicted molar refractivity (Wildman–Crippen MR) is 98.1 cm³/mol. The van der Waals surface area contributed by atoms with Gasteiger partial charge in [-0.1, -0.05) is 17.7 Å². The third-order valence-corrected chi connectivity index (χ3v) is 3.79. The number of carbonyl (C=O) groups excluding carboxylic acids is 1. The Balaban J connectivity index is 1.70. The van der Waals surface area contributed by atoms with Crippen LogP contribution < -0.4 is 10.6 Å². The van der Waals surface area contributed by atoms with E-state index in [4.69, 9.17) is 11.6 Å². The lowest BCUT2D eigenvalue weighted by molar-refractivity contribution is 0.102. The van der Waals surface area contributed by atoms with E-state index in [1.54, 1.807) is 42.5 Å². The van der Waals surface area contributed by atoms with Crippen molar-refractivity contribution in [2.24, 2.45) is 0 Å². The Kier molecular flexibility index (Phi) is 4.95. The van der Waals surface area contributed by atoms with Crippen molar-refractivity contribution in [3.63, 3.8) is 0 Å². The van der Waals surface area contributed by atoms with Gasteiger partial charge in [0.2, 0.25) is 0 Å². The largest absolute Gasteiger partial charge is 0.340 e. The highest BCUT2D eigenvalue weighted by Crippen LogP contribution is 2.21. The number of nitrogens with one attached hydrogen (secondary N) is 2. The fraction of sp³-hybridized carbons (Fsp3) is 0.0526. The third kappa shape index (κ3) is 4.33. The van der Waals surface area contributed by atoms with E-state index >= 15 is 0 Å². The Hall–Kier alpha value is -2.92.